The Morgan fingerprint density at radius 2 is 1.17 bits per heavy atom. The predicted octanol–water partition coefficient (Wildman–Crippen LogP) is 11.8. The van der Waals surface area contributed by atoms with E-state index < -0.39 is 0 Å². The van der Waals surface area contributed by atoms with Gasteiger partial charge in [-0.3, -0.25) is 0 Å². The molecule has 2 aromatic rings. The van der Waals surface area contributed by atoms with Crippen LogP contribution in [0, 0.1) is 11.8 Å². The Kier molecular flexibility index (Phi) is 11.2. The van der Waals surface area contributed by atoms with E-state index in [0.29, 0.717) is 0 Å². The highest BCUT2D eigenvalue weighted by molar-refractivity contribution is 5.71. The molecule has 0 aromatic heterocycles. The topological polar surface area (TPSA) is 0 Å². The van der Waals surface area contributed by atoms with E-state index in [2.05, 4.69) is 68.5 Å². The van der Waals surface area contributed by atoms with E-state index in [1.165, 1.54) is 126 Å². The highest BCUT2D eigenvalue weighted by Gasteiger charge is 2.21. The van der Waals surface area contributed by atoms with Crippen molar-refractivity contribution in [2.45, 2.75) is 129 Å². The fourth-order valence-electron chi connectivity index (χ4n) is 6.82. The van der Waals surface area contributed by atoms with Gasteiger partial charge < -0.3 is 0 Å². The molecule has 1 saturated carbocycles. The Hall–Kier alpha value is -1.82. The molecule has 1 fully saturated rings. The molecule has 0 amide bonds. The molecule has 0 heteroatoms. The summed E-state index contributed by atoms with van der Waals surface area (Å²) in [6.07, 6.45) is 26.3. The van der Waals surface area contributed by atoms with Gasteiger partial charge in [0.05, 0.1) is 0 Å². The summed E-state index contributed by atoms with van der Waals surface area (Å²) in [6.45, 7) is 4.63. The molecule has 2 aliphatic carbocycles. The van der Waals surface area contributed by atoms with E-state index >= 15 is 0 Å². The van der Waals surface area contributed by atoms with Crippen molar-refractivity contribution in [2.75, 3.05) is 0 Å². The molecule has 2 aromatic carbocycles. The van der Waals surface area contributed by atoms with Crippen LogP contribution >= 0.6 is 0 Å². The summed E-state index contributed by atoms with van der Waals surface area (Å²) in [7, 11) is 0. The first kappa shape index (κ1) is 27.2. The van der Waals surface area contributed by atoms with E-state index in [4.69, 9.17) is 0 Å². The molecule has 0 bridgehead atoms. The van der Waals surface area contributed by atoms with Crippen LogP contribution in [0.3, 0.4) is 0 Å². The zero-order chi connectivity index (χ0) is 25.0. The lowest BCUT2D eigenvalue weighted by atomic mass is 9.77. The maximum Gasteiger partial charge on any atom is -0.0162 e. The molecule has 36 heavy (non-hydrogen) atoms. The van der Waals surface area contributed by atoms with Crippen LogP contribution in [0.5, 0.6) is 0 Å². The molecule has 0 radical (unpaired) electrons. The van der Waals surface area contributed by atoms with Gasteiger partial charge in [0.25, 0.3) is 0 Å². The van der Waals surface area contributed by atoms with Crippen molar-refractivity contribution >= 4 is 5.57 Å². The van der Waals surface area contributed by atoms with Gasteiger partial charge in [-0.05, 0) is 90.5 Å². The van der Waals surface area contributed by atoms with E-state index in [1.807, 2.05) is 0 Å². The summed E-state index contributed by atoms with van der Waals surface area (Å²) in [5.41, 5.74) is 7.28. The molecular formula is C36H52. The first-order valence-corrected chi connectivity index (χ1v) is 15.7. The van der Waals surface area contributed by atoms with Crippen LogP contribution in [0.15, 0.2) is 54.6 Å². The molecule has 0 saturated heterocycles. The Morgan fingerprint density at radius 1 is 0.556 bits per heavy atom. The summed E-state index contributed by atoms with van der Waals surface area (Å²) in [4.78, 5) is 0. The van der Waals surface area contributed by atoms with E-state index in [0.717, 1.165) is 17.8 Å². The third-order valence-electron chi connectivity index (χ3n) is 9.25. The fraction of sp³-hybridized carbons (Fsp3) is 0.611. The predicted molar refractivity (Wildman–Crippen MR) is 159 cm³/mol. The van der Waals surface area contributed by atoms with Gasteiger partial charge >= 0.3 is 0 Å². The molecule has 1 atom stereocenters. The van der Waals surface area contributed by atoms with Crippen LogP contribution in [-0.4, -0.2) is 0 Å². The molecule has 0 heterocycles. The van der Waals surface area contributed by atoms with Crippen molar-refractivity contribution in [1.29, 1.82) is 0 Å². The fourth-order valence-corrected chi connectivity index (χ4v) is 6.82. The number of unbranched alkanes of at least 4 members (excludes halogenated alkanes) is 6. The van der Waals surface area contributed by atoms with Crippen LogP contribution < -0.4 is 0 Å². The Labute approximate surface area is 223 Å². The van der Waals surface area contributed by atoms with Gasteiger partial charge in [0, 0.05) is 0 Å². The monoisotopic (exact) mass is 484 g/mol. The van der Waals surface area contributed by atoms with E-state index in [-0.39, 0.29) is 0 Å². The van der Waals surface area contributed by atoms with Crippen molar-refractivity contribution in [3.05, 3.63) is 65.7 Å². The molecule has 1 unspecified atom stereocenters. The van der Waals surface area contributed by atoms with Crippen molar-refractivity contribution in [1.82, 2.24) is 0 Å². The molecule has 2 aliphatic rings. The lowest BCUT2D eigenvalue weighted by Crippen LogP contribution is -2.13. The van der Waals surface area contributed by atoms with Gasteiger partial charge in [-0.15, -0.1) is 0 Å². The summed E-state index contributed by atoms with van der Waals surface area (Å²) < 4.78 is 0. The molecule has 0 nitrogen and oxygen atoms in total. The normalized spacial score (nSPS) is 22.4. The van der Waals surface area contributed by atoms with Crippen LogP contribution in [-0.2, 0) is 0 Å². The number of hydrogen-bond acceptors (Lipinski definition) is 0. The third-order valence-corrected chi connectivity index (χ3v) is 9.25. The second kappa shape index (κ2) is 14.8. The van der Waals surface area contributed by atoms with Gasteiger partial charge in [-0.2, -0.15) is 0 Å². The number of benzene rings is 2. The van der Waals surface area contributed by atoms with Gasteiger partial charge in [0.1, 0.15) is 0 Å². The van der Waals surface area contributed by atoms with Crippen molar-refractivity contribution < 1.29 is 0 Å². The second-order valence-corrected chi connectivity index (χ2v) is 12.0. The first-order chi connectivity index (χ1) is 17.8. The standard InChI is InChI=1S/C36H52/c1-3-5-6-7-8-9-10-12-30-15-19-32(20-16-30)34-23-27-36(28-24-34)35-25-21-33(22-26-35)31-17-13-29(11-4-2)14-18-31/h19,21-31H,3-18,20H2,1-2H3/t29-,30?,31-. The highest BCUT2D eigenvalue weighted by atomic mass is 14.3. The zero-order valence-corrected chi connectivity index (χ0v) is 23.4. The largest absolute Gasteiger partial charge is 0.0804 e. The zero-order valence-electron chi connectivity index (χ0n) is 23.4. The summed E-state index contributed by atoms with van der Waals surface area (Å²) >= 11 is 0. The van der Waals surface area contributed by atoms with Crippen molar-refractivity contribution in [3.63, 3.8) is 0 Å². The minimum absolute atomic E-state index is 0.780. The molecule has 4 rings (SSSR count). The Balaban J connectivity index is 1.22. The SMILES string of the molecule is CCCCCCCCCC1CC=C(c2ccc(-c3ccc([C@H]4CC[C@H](CCC)CC4)cc3)cc2)CC1. The lowest BCUT2D eigenvalue weighted by molar-refractivity contribution is 0.308. The van der Waals surface area contributed by atoms with Gasteiger partial charge in [0.15, 0.2) is 0 Å². The maximum atomic E-state index is 2.55. The first-order valence-electron chi connectivity index (χ1n) is 15.7. The van der Waals surface area contributed by atoms with Gasteiger partial charge in [-0.1, -0.05) is 133 Å². The van der Waals surface area contributed by atoms with Crippen LogP contribution in [0.25, 0.3) is 16.7 Å². The Morgan fingerprint density at radius 3 is 1.78 bits per heavy atom. The molecular weight excluding hydrogens is 432 g/mol. The average molecular weight is 485 g/mol. The minimum atomic E-state index is 0.780. The van der Waals surface area contributed by atoms with Crippen molar-refractivity contribution in [2.24, 2.45) is 11.8 Å². The van der Waals surface area contributed by atoms with Gasteiger partial charge in [-0.25, -0.2) is 0 Å². The summed E-state index contributed by atoms with van der Waals surface area (Å²) in [6, 6.07) is 18.9. The quantitative estimate of drug-likeness (QED) is 0.248. The Bertz CT molecular complexity index is 892. The summed E-state index contributed by atoms with van der Waals surface area (Å²) in [5, 5.41) is 0. The van der Waals surface area contributed by atoms with E-state index in [1.54, 1.807) is 11.1 Å². The number of hydrogen-bond donors (Lipinski definition) is 0. The maximum absolute atomic E-state index is 2.55. The highest BCUT2D eigenvalue weighted by Crippen LogP contribution is 2.38. The minimum Gasteiger partial charge on any atom is -0.0804 e. The second-order valence-electron chi connectivity index (χ2n) is 12.0. The summed E-state index contributed by atoms with van der Waals surface area (Å²) in [5.74, 6) is 2.69. The van der Waals surface area contributed by atoms with Crippen LogP contribution in [0.2, 0.25) is 0 Å². The molecule has 0 spiro atoms. The lowest BCUT2D eigenvalue weighted by Gasteiger charge is -2.28. The smallest absolute Gasteiger partial charge is 0.0162 e. The van der Waals surface area contributed by atoms with Crippen LogP contribution in [0.1, 0.15) is 140 Å². The molecule has 196 valence electrons. The van der Waals surface area contributed by atoms with Gasteiger partial charge in [0.2, 0.25) is 0 Å². The van der Waals surface area contributed by atoms with E-state index in [9.17, 15) is 0 Å². The number of rotatable bonds is 13. The van der Waals surface area contributed by atoms with Crippen molar-refractivity contribution in [3.8, 4) is 11.1 Å². The average Bonchev–Trinajstić information content (AvgIpc) is 2.94. The third kappa shape index (κ3) is 8.09. The molecule has 0 aliphatic heterocycles. The number of allylic oxidation sites excluding steroid dienone is 2. The molecule has 0 N–H and O–H groups in total. The van der Waals surface area contributed by atoms with Crippen LogP contribution in [0.4, 0.5) is 0 Å².